The maximum absolute atomic E-state index is 4.13. The molecule has 0 atom stereocenters. The molecule has 1 N–H and O–H groups in total. The van der Waals surface area contributed by atoms with E-state index in [2.05, 4.69) is 17.2 Å². The van der Waals surface area contributed by atoms with E-state index < -0.39 is 0 Å². The third-order valence-electron chi connectivity index (χ3n) is 0.798. The predicted molar refractivity (Wildman–Crippen MR) is 42.0 cm³/mol. The summed E-state index contributed by atoms with van der Waals surface area (Å²) in [6.07, 6.45) is 5.67. The molecule has 0 aliphatic rings. The Kier molecular flexibility index (Phi) is 6.99. The molecule has 0 saturated heterocycles. The number of aliphatic imine (C=N–C) groups is 1. The van der Waals surface area contributed by atoms with Crippen molar-refractivity contribution in [3.63, 3.8) is 0 Å². The fraction of sp³-hybridized carbons (Fsp3) is 0.429. The van der Waals surface area contributed by atoms with Crippen LogP contribution in [0.3, 0.4) is 0 Å². The van der Waals surface area contributed by atoms with Gasteiger partial charge in [0.15, 0.2) is 0 Å². The first kappa shape index (κ1) is 9.93. The normalized spacial score (nSPS) is 11.4. The van der Waals surface area contributed by atoms with Gasteiger partial charge in [-0.05, 0) is 0 Å². The molecule has 0 bridgehead atoms. The van der Waals surface area contributed by atoms with Gasteiger partial charge in [0.1, 0.15) is 0 Å². The molecule has 0 unspecified atom stereocenters. The monoisotopic (exact) mass is 308 g/mol. The van der Waals surface area contributed by atoms with Crippen LogP contribution in [-0.4, -0.2) is 16.9 Å². The first-order valence-electron chi connectivity index (χ1n) is 3.24. The Labute approximate surface area is 72.8 Å². The van der Waals surface area contributed by atoms with E-state index in [0.717, 1.165) is 10.7 Å². The number of nitrogens with zero attached hydrogens (tertiary/aromatic N) is 1. The number of nitrogens with one attached hydrogen (secondary N) is 1. The molecule has 0 aromatic carbocycles. The molecule has 0 saturated carbocycles. The Balaban J connectivity index is 3.56. The Morgan fingerprint density at radius 2 is 2.40 bits per heavy atom. The Morgan fingerprint density at radius 1 is 1.70 bits per heavy atom. The van der Waals surface area contributed by atoms with E-state index in [9.17, 15) is 0 Å². The van der Waals surface area contributed by atoms with E-state index in [0.29, 0.717) is 0 Å². The summed E-state index contributed by atoms with van der Waals surface area (Å²) in [7, 11) is 0. The molecule has 0 rings (SSSR count). The molecule has 0 aliphatic heterocycles. The van der Waals surface area contributed by atoms with Gasteiger partial charge in [0.2, 0.25) is 0 Å². The molecule has 10 heavy (non-hydrogen) atoms. The molecule has 0 aliphatic carbocycles. The summed E-state index contributed by atoms with van der Waals surface area (Å²) >= 11 is 1.37. The number of hydrogen-bond acceptors (Lipinski definition) is 2. The zero-order chi connectivity index (χ0) is 7.82. The van der Waals surface area contributed by atoms with Crippen LogP contribution in [0.2, 0.25) is 0 Å². The first-order chi connectivity index (χ1) is 4.81. The average molecular weight is 308 g/mol. The van der Waals surface area contributed by atoms with Crippen molar-refractivity contribution in [3.05, 3.63) is 12.2 Å². The first-order valence-corrected chi connectivity index (χ1v) is 4.71. The summed E-state index contributed by atoms with van der Waals surface area (Å²) in [5.74, 6) is 0. The molecule has 0 fully saturated rings. The number of rotatable bonds is 4. The van der Waals surface area contributed by atoms with Crippen molar-refractivity contribution in [2.45, 2.75) is 13.8 Å². The van der Waals surface area contributed by atoms with Crippen molar-refractivity contribution in [2.24, 2.45) is 4.99 Å². The minimum absolute atomic E-state index is 0.950. The zero-order valence-electron chi connectivity index (χ0n) is 6.29. The fourth-order valence-corrected chi connectivity index (χ4v) is 1.13. The molecule has 0 aromatic rings. The summed E-state index contributed by atoms with van der Waals surface area (Å²) in [5, 5.41) is 3.13. The average Bonchev–Trinajstić information content (AvgIpc) is 1.89. The Morgan fingerprint density at radius 3 is 2.90 bits per heavy atom. The van der Waals surface area contributed by atoms with E-state index in [1.807, 2.05) is 19.1 Å². The summed E-state index contributed by atoms with van der Waals surface area (Å²) in [4.78, 5) is 4.13. The van der Waals surface area contributed by atoms with Gasteiger partial charge in [-0.25, -0.2) is 0 Å². The molecule has 56 valence electrons. The van der Waals surface area contributed by atoms with Gasteiger partial charge < -0.3 is 0 Å². The van der Waals surface area contributed by atoms with E-state index in [4.69, 9.17) is 0 Å². The standard InChI is InChI=1S/C7H12N2.W/c1-3-5-6-9-7-8-4-2;/h3,5-6,8H,4H2,1-2H3;. The van der Waals surface area contributed by atoms with Gasteiger partial charge in [0, 0.05) is 0 Å². The maximum atomic E-state index is 4.13. The predicted octanol–water partition coefficient (Wildman–Crippen LogP) is 0.877. The van der Waals surface area contributed by atoms with E-state index in [-0.39, 0.29) is 0 Å². The van der Waals surface area contributed by atoms with Crippen LogP contribution in [0.15, 0.2) is 17.1 Å². The molecular weight excluding hydrogens is 296 g/mol. The van der Waals surface area contributed by atoms with Gasteiger partial charge in [-0.3, -0.25) is 0 Å². The Hall–Kier alpha value is -0.0717. The fourth-order valence-electron chi connectivity index (χ4n) is 0.394. The van der Waals surface area contributed by atoms with Gasteiger partial charge in [-0.2, -0.15) is 0 Å². The van der Waals surface area contributed by atoms with Crippen molar-refractivity contribution in [1.29, 1.82) is 0 Å². The van der Waals surface area contributed by atoms with Crippen molar-refractivity contribution < 1.29 is 19.4 Å². The zero-order valence-corrected chi connectivity index (χ0v) is 9.23. The number of allylic oxidation sites excluding steroid dienone is 2. The van der Waals surface area contributed by atoms with Crippen LogP contribution in [-0.2, 0) is 19.4 Å². The summed E-state index contributed by atoms with van der Waals surface area (Å²) in [6, 6.07) is 0. The number of hydrogen-bond donors (Lipinski definition) is 1. The molecule has 0 amide bonds. The third kappa shape index (κ3) is 6.05. The van der Waals surface area contributed by atoms with Crippen LogP contribution in [0.4, 0.5) is 0 Å². The Bertz CT molecular complexity index is 150. The molecule has 0 heterocycles. The molecule has 0 radical (unpaired) electrons. The SMILES string of the molecule is CC=CC=N[C](=[W])NCC. The minimum atomic E-state index is 0.950. The summed E-state index contributed by atoms with van der Waals surface area (Å²) < 4.78 is 1.04. The van der Waals surface area contributed by atoms with Crippen LogP contribution in [0, 0.1) is 0 Å². The van der Waals surface area contributed by atoms with Gasteiger partial charge in [-0.1, -0.05) is 0 Å². The summed E-state index contributed by atoms with van der Waals surface area (Å²) in [6.45, 7) is 4.99. The van der Waals surface area contributed by atoms with Crippen molar-refractivity contribution in [1.82, 2.24) is 5.32 Å². The van der Waals surface area contributed by atoms with Crippen molar-refractivity contribution in [3.8, 4) is 0 Å². The second kappa shape index (κ2) is 7.04. The van der Waals surface area contributed by atoms with Crippen LogP contribution in [0.1, 0.15) is 13.8 Å². The molecule has 3 heteroatoms. The third-order valence-corrected chi connectivity index (χ3v) is 1.70. The van der Waals surface area contributed by atoms with Crippen LogP contribution < -0.4 is 5.32 Å². The van der Waals surface area contributed by atoms with Crippen LogP contribution >= 0.6 is 0 Å². The van der Waals surface area contributed by atoms with Crippen molar-refractivity contribution in [2.75, 3.05) is 6.54 Å². The van der Waals surface area contributed by atoms with Gasteiger partial charge in [0.25, 0.3) is 0 Å². The van der Waals surface area contributed by atoms with Crippen LogP contribution in [0.5, 0.6) is 0 Å². The van der Waals surface area contributed by atoms with E-state index in [1.165, 1.54) is 19.4 Å². The quantitative estimate of drug-likeness (QED) is 0.766. The molecular formula is C7H12N2W. The van der Waals surface area contributed by atoms with Crippen molar-refractivity contribution >= 4 is 10.4 Å². The van der Waals surface area contributed by atoms with E-state index in [1.54, 1.807) is 6.21 Å². The second-order valence-corrected chi connectivity index (χ2v) is 3.03. The summed E-state index contributed by atoms with van der Waals surface area (Å²) in [5.41, 5.74) is 0. The topological polar surface area (TPSA) is 24.4 Å². The van der Waals surface area contributed by atoms with Gasteiger partial charge in [-0.15, -0.1) is 0 Å². The van der Waals surface area contributed by atoms with Gasteiger partial charge >= 0.3 is 72.6 Å². The van der Waals surface area contributed by atoms with E-state index >= 15 is 0 Å². The molecule has 0 aromatic heterocycles. The second-order valence-electron chi connectivity index (χ2n) is 1.64. The van der Waals surface area contributed by atoms with Crippen LogP contribution in [0.25, 0.3) is 0 Å². The molecule has 0 spiro atoms. The van der Waals surface area contributed by atoms with Gasteiger partial charge in [0.05, 0.1) is 0 Å². The molecule has 2 nitrogen and oxygen atoms in total.